The Labute approximate surface area is 128 Å². The number of aryl methyl sites for hydroxylation is 1. The number of fused-ring (bicyclic) bond motifs is 1. The normalized spacial score (nSPS) is 20.8. The molecule has 0 saturated heterocycles. The number of carbonyl (C=O) groups is 2. The van der Waals surface area contributed by atoms with Gasteiger partial charge < -0.3 is 10.1 Å². The summed E-state index contributed by atoms with van der Waals surface area (Å²) >= 11 is 1.56. The lowest BCUT2D eigenvalue weighted by Gasteiger charge is -2.19. The fraction of sp³-hybridized carbons (Fsp3) is 0.625. The molecular formula is C16H21NO3S. The van der Waals surface area contributed by atoms with Crippen LogP contribution in [-0.2, 0) is 16.0 Å². The number of carbonyl (C=O) groups excluding carboxylic acids is 2. The van der Waals surface area contributed by atoms with E-state index in [1.807, 2.05) is 6.92 Å². The van der Waals surface area contributed by atoms with Gasteiger partial charge in [0.05, 0.1) is 12.2 Å². The van der Waals surface area contributed by atoms with Gasteiger partial charge in [-0.2, -0.15) is 0 Å². The molecule has 1 N–H and O–H groups in total. The van der Waals surface area contributed by atoms with E-state index in [2.05, 4.69) is 12.2 Å². The second-order valence-electron chi connectivity index (χ2n) is 5.92. The zero-order valence-electron chi connectivity index (χ0n) is 12.5. The van der Waals surface area contributed by atoms with Gasteiger partial charge in [-0.25, -0.2) is 4.79 Å². The van der Waals surface area contributed by atoms with Crippen LogP contribution in [0.2, 0.25) is 0 Å². The highest BCUT2D eigenvalue weighted by molar-refractivity contribution is 7.17. The Balaban J connectivity index is 1.97. The Kier molecular flexibility index (Phi) is 4.02. The molecule has 3 rings (SSSR count). The SMILES string of the molecule is CCOC(=O)c1c(NC(=O)C2CC2)sc2c1C(C)CCC2. The highest BCUT2D eigenvalue weighted by atomic mass is 32.1. The Morgan fingerprint density at radius 1 is 1.33 bits per heavy atom. The summed E-state index contributed by atoms with van der Waals surface area (Å²) < 4.78 is 5.22. The van der Waals surface area contributed by atoms with Crippen LogP contribution in [0, 0.1) is 5.92 Å². The number of anilines is 1. The van der Waals surface area contributed by atoms with Crippen LogP contribution in [0.15, 0.2) is 0 Å². The lowest BCUT2D eigenvalue weighted by molar-refractivity contribution is -0.117. The lowest BCUT2D eigenvalue weighted by Crippen LogP contribution is -2.17. The third-order valence-corrected chi connectivity index (χ3v) is 5.40. The molecule has 1 saturated carbocycles. The van der Waals surface area contributed by atoms with Gasteiger partial charge in [0.15, 0.2) is 0 Å². The molecule has 1 heterocycles. The molecule has 1 aromatic heterocycles. The molecule has 0 radical (unpaired) electrons. The molecule has 5 heteroatoms. The van der Waals surface area contributed by atoms with Crippen molar-refractivity contribution in [2.45, 2.75) is 51.9 Å². The molecular weight excluding hydrogens is 286 g/mol. The lowest BCUT2D eigenvalue weighted by atomic mass is 9.86. The zero-order chi connectivity index (χ0) is 15.0. The summed E-state index contributed by atoms with van der Waals surface area (Å²) in [5.41, 5.74) is 1.72. The maximum Gasteiger partial charge on any atom is 0.341 e. The highest BCUT2D eigenvalue weighted by Crippen LogP contribution is 2.44. The molecule has 0 aromatic carbocycles. The first kappa shape index (κ1) is 14.6. The second-order valence-corrected chi connectivity index (χ2v) is 7.03. The molecule has 4 nitrogen and oxygen atoms in total. The van der Waals surface area contributed by atoms with Gasteiger partial charge in [0.25, 0.3) is 0 Å². The molecule has 114 valence electrons. The van der Waals surface area contributed by atoms with E-state index < -0.39 is 0 Å². The average molecular weight is 307 g/mol. The summed E-state index contributed by atoms with van der Waals surface area (Å²) in [6.45, 7) is 4.32. The number of hydrogen-bond donors (Lipinski definition) is 1. The standard InChI is InChI=1S/C16H21NO3S/c1-3-20-16(19)13-12-9(2)5-4-6-11(12)21-15(13)17-14(18)10-7-8-10/h9-10H,3-8H2,1-2H3,(H,17,18). The minimum absolute atomic E-state index is 0.0480. The van der Waals surface area contributed by atoms with E-state index >= 15 is 0 Å². The Morgan fingerprint density at radius 3 is 2.76 bits per heavy atom. The predicted molar refractivity (Wildman–Crippen MR) is 83.0 cm³/mol. The number of ether oxygens (including phenoxy) is 1. The second kappa shape index (κ2) is 5.79. The Hall–Kier alpha value is -1.36. The largest absolute Gasteiger partial charge is 0.462 e. The van der Waals surface area contributed by atoms with Gasteiger partial charge in [-0.05, 0) is 50.5 Å². The molecule has 0 aliphatic heterocycles. The summed E-state index contributed by atoms with van der Waals surface area (Å²) in [5.74, 6) is 0.245. The van der Waals surface area contributed by atoms with Crippen LogP contribution in [0.25, 0.3) is 0 Å². The minimum Gasteiger partial charge on any atom is -0.462 e. The van der Waals surface area contributed by atoms with Crippen molar-refractivity contribution in [1.82, 2.24) is 0 Å². The smallest absolute Gasteiger partial charge is 0.341 e. The van der Waals surface area contributed by atoms with Crippen molar-refractivity contribution in [2.75, 3.05) is 11.9 Å². The molecule has 2 aliphatic rings. The molecule has 21 heavy (non-hydrogen) atoms. The summed E-state index contributed by atoms with van der Waals surface area (Å²) in [4.78, 5) is 25.6. The molecule has 2 aliphatic carbocycles. The van der Waals surface area contributed by atoms with E-state index in [4.69, 9.17) is 4.74 Å². The van der Waals surface area contributed by atoms with Crippen molar-refractivity contribution >= 4 is 28.2 Å². The van der Waals surface area contributed by atoms with E-state index in [1.54, 1.807) is 11.3 Å². The third-order valence-electron chi connectivity index (χ3n) is 4.22. The van der Waals surface area contributed by atoms with Gasteiger partial charge in [-0.15, -0.1) is 11.3 Å². The third kappa shape index (κ3) is 2.84. The van der Waals surface area contributed by atoms with Crippen molar-refractivity contribution < 1.29 is 14.3 Å². The van der Waals surface area contributed by atoms with E-state index in [9.17, 15) is 9.59 Å². The average Bonchev–Trinajstić information content (AvgIpc) is 3.22. The van der Waals surface area contributed by atoms with Crippen LogP contribution in [-0.4, -0.2) is 18.5 Å². The van der Waals surface area contributed by atoms with Gasteiger partial charge in [0.2, 0.25) is 5.91 Å². The number of esters is 1. The van der Waals surface area contributed by atoms with Crippen LogP contribution in [0.5, 0.6) is 0 Å². The molecule has 1 atom stereocenters. The summed E-state index contributed by atoms with van der Waals surface area (Å²) in [7, 11) is 0. The summed E-state index contributed by atoms with van der Waals surface area (Å²) in [6.07, 6.45) is 5.15. The van der Waals surface area contributed by atoms with Crippen molar-refractivity contribution in [1.29, 1.82) is 0 Å². The quantitative estimate of drug-likeness (QED) is 0.863. The number of nitrogens with one attached hydrogen (secondary N) is 1. The summed E-state index contributed by atoms with van der Waals surface area (Å²) in [6, 6.07) is 0. The van der Waals surface area contributed by atoms with Gasteiger partial charge in [-0.1, -0.05) is 6.92 Å². The van der Waals surface area contributed by atoms with Crippen LogP contribution < -0.4 is 5.32 Å². The molecule has 1 fully saturated rings. The number of hydrogen-bond acceptors (Lipinski definition) is 4. The predicted octanol–water partition coefficient (Wildman–Crippen LogP) is 3.71. The monoisotopic (exact) mass is 307 g/mol. The molecule has 0 spiro atoms. The van der Waals surface area contributed by atoms with E-state index in [0.29, 0.717) is 23.1 Å². The molecule has 1 aromatic rings. The van der Waals surface area contributed by atoms with Crippen molar-refractivity contribution in [3.8, 4) is 0 Å². The maximum absolute atomic E-state index is 12.3. The van der Waals surface area contributed by atoms with Crippen molar-refractivity contribution in [2.24, 2.45) is 5.92 Å². The number of rotatable bonds is 4. The van der Waals surface area contributed by atoms with Crippen LogP contribution >= 0.6 is 11.3 Å². The molecule has 0 bridgehead atoms. The first-order chi connectivity index (χ1) is 10.1. The first-order valence-electron chi connectivity index (χ1n) is 7.75. The van der Waals surface area contributed by atoms with Crippen LogP contribution in [0.3, 0.4) is 0 Å². The highest BCUT2D eigenvalue weighted by Gasteiger charge is 2.34. The summed E-state index contributed by atoms with van der Waals surface area (Å²) in [5, 5.41) is 3.67. The first-order valence-corrected chi connectivity index (χ1v) is 8.57. The zero-order valence-corrected chi connectivity index (χ0v) is 13.3. The van der Waals surface area contributed by atoms with E-state index in [1.165, 1.54) is 4.88 Å². The van der Waals surface area contributed by atoms with Gasteiger partial charge in [0.1, 0.15) is 5.00 Å². The van der Waals surface area contributed by atoms with Gasteiger partial charge >= 0.3 is 5.97 Å². The van der Waals surface area contributed by atoms with Gasteiger partial charge in [-0.3, -0.25) is 4.79 Å². The molecule has 1 amide bonds. The molecule has 1 unspecified atom stereocenters. The Morgan fingerprint density at radius 2 is 2.10 bits per heavy atom. The van der Waals surface area contributed by atoms with Crippen molar-refractivity contribution in [3.63, 3.8) is 0 Å². The maximum atomic E-state index is 12.3. The number of amides is 1. The van der Waals surface area contributed by atoms with Gasteiger partial charge in [0, 0.05) is 10.8 Å². The van der Waals surface area contributed by atoms with Crippen LogP contribution in [0.1, 0.15) is 66.2 Å². The number of thiophene rings is 1. The fourth-order valence-corrected chi connectivity index (χ4v) is 4.32. The topological polar surface area (TPSA) is 55.4 Å². The minimum atomic E-state index is -0.296. The Bertz CT molecular complexity index is 574. The van der Waals surface area contributed by atoms with E-state index in [-0.39, 0.29) is 17.8 Å². The van der Waals surface area contributed by atoms with E-state index in [0.717, 1.165) is 37.7 Å². The van der Waals surface area contributed by atoms with Crippen molar-refractivity contribution in [3.05, 3.63) is 16.0 Å². The fourth-order valence-electron chi connectivity index (χ4n) is 2.96. The van der Waals surface area contributed by atoms with Crippen LogP contribution in [0.4, 0.5) is 5.00 Å².